The molecule has 0 radical (unpaired) electrons. The molecule has 2 aromatic carbocycles. The smallest absolute Gasteiger partial charge is 0.344 e. The molecule has 0 amide bonds. The normalized spacial score (nSPS) is 11.9. The Balaban J connectivity index is 1.96. The van der Waals surface area contributed by atoms with E-state index in [0.717, 1.165) is 12.1 Å². The second kappa shape index (κ2) is 6.07. The van der Waals surface area contributed by atoms with E-state index in [1.165, 1.54) is 25.1 Å². The first-order valence-electron chi connectivity index (χ1n) is 6.92. The third-order valence-electron chi connectivity index (χ3n) is 3.55. The van der Waals surface area contributed by atoms with Crippen molar-refractivity contribution in [3.8, 4) is 17.2 Å². The summed E-state index contributed by atoms with van der Waals surface area (Å²) in [7, 11) is 0. The molecular weight excluding hydrogens is 336 g/mol. The van der Waals surface area contributed by atoms with Crippen molar-refractivity contribution in [2.45, 2.75) is 6.92 Å². The van der Waals surface area contributed by atoms with Crippen LogP contribution in [0.3, 0.4) is 0 Å². The average Bonchev–Trinajstić information content (AvgIpc) is 3.02. The lowest BCUT2D eigenvalue weighted by Crippen LogP contribution is -2.12. The lowest BCUT2D eigenvalue weighted by atomic mass is 10.1. The van der Waals surface area contributed by atoms with Crippen molar-refractivity contribution in [2.75, 3.05) is 6.79 Å². The summed E-state index contributed by atoms with van der Waals surface area (Å²) in [4.78, 5) is 32.7. The molecule has 0 spiro atoms. The van der Waals surface area contributed by atoms with Gasteiger partial charge in [-0.05, 0) is 19.1 Å². The fourth-order valence-electron chi connectivity index (χ4n) is 2.29. The Morgan fingerprint density at radius 1 is 1.08 bits per heavy atom. The summed E-state index contributed by atoms with van der Waals surface area (Å²) in [6, 6.07) is 6.14. The minimum absolute atomic E-state index is 0.0265. The molecule has 1 aliphatic heterocycles. The topological polar surface area (TPSA) is 131 Å². The number of rotatable bonds is 4. The van der Waals surface area contributed by atoms with Crippen molar-refractivity contribution in [1.29, 1.82) is 0 Å². The Labute approximate surface area is 139 Å². The maximum atomic E-state index is 12.3. The van der Waals surface area contributed by atoms with E-state index >= 15 is 0 Å². The molecule has 0 bridgehead atoms. The molecule has 2 aromatic rings. The predicted octanol–water partition coefficient (Wildman–Crippen LogP) is 2.76. The standard InChI is InChI=1S/C15H10N2O8/c1-8-11(4-9(16(19)20)5-12(8)17(21)22)15(18)25-10-2-3-13-14(6-10)24-7-23-13/h2-6H,7H2,1H3. The number of benzene rings is 2. The number of carbonyl (C=O) groups is 1. The summed E-state index contributed by atoms with van der Waals surface area (Å²) in [5, 5.41) is 22.0. The van der Waals surface area contributed by atoms with E-state index in [-0.39, 0.29) is 23.7 Å². The zero-order chi connectivity index (χ0) is 18.1. The number of nitro groups is 2. The molecule has 0 N–H and O–H groups in total. The highest BCUT2D eigenvalue weighted by atomic mass is 16.7. The zero-order valence-corrected chi connectivity index (χ0v) is 12.8. The van der Waals surface area contributed by atoms with Crippen LogP contribution in [0.1, 0.15) is 15.9 Å². The van der Waals surface area contributed by atoms with Gasteiger partial charge in [0.05, 0.1) is 21.5 Å². The first-order chi connectivity index (χ1) is 11.9. The number of nitrogens with zero attached hydrogens (tertiary/aromatic N) is 2. The van der Waals surface area contributed by atoms with Gasteiger partial charge < -0.3 is 14.2 Å². The van der Waals surface area contributed by atoms with Crippen LogP contribution in [-0.4, -0.2) is 22.6 Å². The molecule has 10 nitrogen and oxygen atoms in total. The van der Waals surface area contributed by atoms with E-state index in [9.17, 15) is 25.0 Å². The number of non-ortho nitro benzene ring substituents is 1. The monoisotopic (exact) mass is 346 g/mol. The van der Waals surface area contributed by atoms with Crippen LogP contribution in [-0.2, 0) is 0 Å². The number of hydrogen-bond acceptors (Lipinski definition) is 8. The second-order valence-corrected chi connectivity index (χ2v) is 5.06. The maximum Gasteiger partial charge on any atom is 0.344 e. The van der Waals surface area contributed by atoms with E-state index in [4.69, 9.17) is 14.2 Å². The minimum atomic E-state index is -0.955. The zero-order valence-electron chi connectivity index (χ0n) is 12.8. The molecule has 0 unspecified atom stereocenters. The van der Waals surface area contributed by atoms with Crippen molar-refractivity contribution in [3.63, 3.8) is 0 Å². The van der Waals surface area contributed by atoms with Gasteiger partial charge >= 0.3 is 5.97 Å². The van der Waals surface area contributed by atoms with Gasteiger partial charge in [0.15, 0.2) is 11.5 Å². The molecule has 10 heteroatoms. The Morgan fingerprint density at radius 3 is 2.48 bits per heavy atom. The lowest BCUT2D eigenvalue weighted by Gasteiger charge is -2.08. The molecule has 1 aliphatic rings. The first-order valence-corrected chi connectivity index (χ1v) is 6.92. The number of fused-ring (bicyclic) bond motifs is 1. The predicted molar refractivity (Wildman–Crippen MR) is 82.0 cm³/mol. The van der Waals surface area contributed by atoms with Gasteiger partial charge in [0.25, 0.3) is 11.4 Å². The average molecular weight is 346 g/mol. The largest absolute Gasteiger partial charge is 0.454 e. The highest BCUT2D eigenvalue weighted by Crippen LogP contribution is 2.36. The number of ether oxygens (including phenoxy) is 3. The van der Waals surface area contributed by atoms with Gasteiger partial charge in [0.1, 0.15) is 5.75 Å². The molecule has 0 saturated heterocycles. The van der Waals surface area contributed by atoms with E-state index in [1.807, 2.05) is 0 Å². The number of esters is 1. The van der Waals surface area contributed by atoms with Crippen LogP contribution in [0.5, 0.6) is 17.2 Å². The maximum absolute atomic E-state index is 12.3. The van der Waals surface area contributed by atoms with Gasteiger partial charge in [-0.25, -0.2) is 4.79 Å². The van der Waals surface area contributed by atoms with Gasteiger partial charge in [-0.3, -0.25) is 20.2 Å². The molecular formula is C15H10N2O8. The third-order valence-corrected chi connectivity index (χ3v) is 3.55. The Kier molecular flexibility index (Phi) is 3.93. The van der Waals surface area contributed by atoms with Crippen LogP contribution < -0.4 is 14.2 Å². The van der Waals surface area contributed by atoms with Crippen molar-refractivity contribution < 1.29 is 28.9 Å². The van der Waals surface area contributed by atoms with E-state index < -0.39 is 27.2 Å². The Morgan fingerprint density at radius 2 is 1.80 bits per heavy atom. The molecule has 1 heterocycles. The van der Waals surface area contributed by atoms with Crippen molar-refractivity contribution >= 4 is 17.3 Å². The summed E-state index contributed by atoms with van der Waals surface area (Å²) < 4.78 is 15.4. The van der Waals surface area contributed by atoms with E-state index in [2.05, 4.69) is 0 Å². The Hall–Kier alpha value is -3.69. The van der Waals surface area contributed by atoms with E-state index in [0.29, 0.717) is 11.5 Å². The van der Waals surface area contributed by atoms with Crippen LogP contribution >= 0.6 is 0 Å². The summed E-state index contributed by atoms with van der Waals surface area (Å²) in [5.74, 6) is 0.0278. The SMILES string of the molecule is Cc1c(C(=O)Oc2ccc3c(c2)OCO3)cc([N+](=O)[O-])cc1[N+](=O)[O-]. The van der Waals surface area contributed by atoms with Gasteiger partial charge in [-0.1, -0.05) is 0 Å². The first kappa shape index (κ1) is 16.2. The molecule has 25 heavy (non-hydrogen) atoms. The van der Waals surface area contributed by atoms with Gasteiger partial charge in [0.2, 0.25) is 6.79 Å². The molecule has 0 atom stereocenters. The van der Waals surface area contributed by atoms with Crippen LogP contribution in [0.2, 0.25) is 0 Å². The third kappa shape index (κ3) is 3.04. The molecule has 0 saturated carbocycles. The number of nitro benzene ring substituents is 2. The number of hydrogen-bond donors (Lipinski definition) is 0. The summed E-state index contributed by atoms with van der Waals surface area (Å²) in [6.07, 6.45) is 0. The van der Waals surface area contributed by atoms with Crippen molar-refractivity contribution in [3.05, 3.63) is 61.7 Å². The van der Waals surface area contributed by atoms with Crippen LogP contribution in [0.25, 0.3) is 0 Å². The molecule has 128 valence electrons. The highest BCUT2D eigenvalue weighted by molar-refractivity contribution is 5.94. The van der Waals surface area contributed by atoms with E-state index in [1.54, 1.807) is 0 Å². The molecule has 3 rings (SSSR count). The Bertz CT molecular complexity index is 909. The summed E-state index contributed by atoms with van der Waals surface area (Å²) in [5.41, 5.74) is -1.40. The fourth-order valence-corrected chi connectivity index (χ4v) is 2.29. The summed E-state index contributed by atoms with van der Waals surface area (Å²) >= 11 is 0. The fraction of sp³-hybridized carbons (Fsp3) is 0.133. The van der Waals surface area contributed by atoms with Crippen LogP contribution in [0.4, 0.5) is 11.4 Å². The van der Waals surface area contributed by atoms with Gasteiger partial charge in [-0.2, -0.15) is 0 Å². The highest BCUT2D eigenvalue weighted by Gasteiger charge is 2.26. The van der Waals surface area contributed by atoms with Crippen LogP contribution in [0.15, 0.2) is 30.3 Å². The summed E-state index contributed by atoms with van der Waals surface area (Å²) in [6.45, 7) is 1.36. The van der Waals surface area contributed by atoms with Crippen molar-refractivity contribution in [2.24, 2.45) is 0 Å². The number of carbonyl (C=O) groups excluding carboxylic acids is 1. The molecule has 0 fully saturated rings. The van der Waals surface area contributed by atoms with Gasteiger partial charge in [0, 0.05) is 17.7 Å². The van der Waals surface area contributed by atoms with Crippen molar-refractivity contribution in [1.82, 2.24) is 0 Å². The van der Waals surface area contributed by atoms with Gasteiger partial charge in [-0.15, -0.1) is 0 Å². The lowest BCUT2D eigenvalue weighted by molar-refractivity contribution is -0.394. The molecule has 0 aliphatic carbocycles. The second-order valence-electron chi connectivity index (χ2n) is 5.06. The van der Waals surface area contributed by atoms with Crippen LogP contribution in [0, 0.1) is 27.2 Å². The molecule has 0 aromatic heterocycles. The minimum Gasteiger partial charge on any atom is -0.454 e. The quantitative estimate of drug-likeness (QED) is 0.357.